The third kappa shape index (κ3) is 3.92. The molecule has 2 aromatic heterocycles. The molecular formula is C26H22ClN3O2S. The van der Waals surface area contributed by atoms with Crippen LogP contribution < -0.4 is 11.5 Å². The summed E-state index contributed by atoms with van der Waals surface area (Å²) in [5.41, 5.74) is 19.3. The van der Waals surface area contributed by atoms with Gasteiger partial charge in [-0.3, -0.25) is 4.79 Å². The molecule has 0 aliphatic heterocycles. The van der Waals surface area contributed by atoms with E-state index in [9.17, 15) is 9.90 Å². The van der Waals surface area contributed by atoms with Gasteiger partial charge in [-0.25, -0.2) is 0 Å². The predicted molar refractivity (Wildman–Crippen MR) is 138 cm³/mol. The smallest absolute Gasteiger partial charge is 0.307 e. The number of nitrogen functional groups attached to an aromatic ring is 2. The zero-order chi connectivity index (χ0) is 23.3. The van der Waals surface area contributed by atoms with Crippen LogP contribution in [0.15, 0.2) is 60.1 Å². The minimum Gasteiger partial charge on any atom is -0.481 e. The Kier molecular flexibility index (Phi) is 5.27. The molecule has 0 amide bonds. The number of halogens is 1. The molecule has 166 valence electrons. The Morgan fingerprint density at radius 1 is 1.06 bits per heavy atom. The van der Waals surface area contributed by atoms with Crippen molar-refractivity contribution in [2.45, 2.75) is 19.9 Å². The van der Waals surface area contributed by atoms with E-state index in [1.54, 1.807) is 17.4 Å². The van der Waals surface area contributed by atoms with E-state index in [0.717, 1.165) is 44.1 Å². The zero-order valence-corrected chi connectivity index (χ0v) is 19.5. The molecule has 0 radical (unpaired) electrons. The standard InChI is InChI=1S/C26H22ClN3O2S/c1-14-21(9-19(28)10-23(14)29)15-2-4-20-16(7-26(31)32)11-30(24(20)6-15)12-17-13-33-25-5-3-18(27)8-22(17)25/h2-6,8-11,13H,7,12,28-29H2,1H3,(H,31,32). The number of aromatic nitrogens is 1. The average molecular weight is 476 g/mol. The van der Waals surface area contributed by atoms with Gasteiger partial charge in [-0.2, -0.15) is 0 Å². The largest absolute Gasteiger partial charge is 0.481 e. The van der Waals surface area contributed by atoms with Crippen molar-refractivity contribution in [3.05, 3.63) is 81.8 Å². The third-order valence-corrected chi connectivity index (χ3v) is 7.29. The molecule has 5 rings (SSSR count). The lowest BCUT2D eigenvalue weighted by molar-refractivity contribution is -0.136. The molecule has 7 heteroatoms. The van der Waals surface area contributed by atoms with Crippen LogP contribution in [0.1, 0.15) is 16.7 Å². The van der Waals surface area contributed by atoms with Crippen LogP contribution in [0.2, 0.25) is 5.02 Å². The number of fused-ring (bicyclic) bond motifs is 2. The molecule has 0 spiro atoms. The zero-order valence-electron chi connectivity index (χ0n) is 17.9. The maximum Gasteiger partial charge on any atom is 0.307 e. The molecule has 0 atom stereocenters. The van der Waals surface area contributed by atoms with Crippen LogP contribution >= 0.6 is 22.9 Å². The van der Waals surface area contributed by atoms with E-state index in [1.807, 2.05) is 49.5 Å². The number of nitrogens with two attached hydrogens (primary N) is 2. The fourth-order valence-electron chi connectivity index (χ4n) is 4.39. The predicted octanol–water partition coefficient (Wildman–Crippen LogP) is 6.32. The number of hydrogen-bond donors (Lipinski definition) is 3. The number of carboxylic acid groups (broad SMARTS) is 1. The third-order valence-electron chi connectivity index (χ3n) is 6.04. The van der Waals surface area contributed by atoms with E-state index in [2.05, 4.69) is 16.0 Å². The molecule has 0 bridgehead atoms. The molecule has 0 unspecified atom stereocenters. The van der Waals surface area contributed by atoms with E-state index < -0.39 is 5.97 Å². The van der Waals surface area contributed by atoms with Crippen LogP contribution in [0.25, 0.3) is 32.1 Å². The molecule has 5 aromatic rings. The summed E-state index contributed by atoms with van der Waals surface area (Å²) in [6, 6.07) is 15.7. The molecule has 33 heavy (non-hydrogen) atoms. The first-order valence-electron chi connectivity index (χ1n) is 10.5. The topological polar surface area (TPSA) is 94.3 Å². The van der Waals surface area contributed by atoms with Gasteiger partial charge < -0.3 is 21.1 Å². The van der Waals surface area contributed by atoms with Gasteiger partial charge in [0.15, 0.2) is 0 Å². The molecule has 5 N–H and O–H groups in total. The first-order chi connectivity index (χ1) is 15.8. The van der Waals surface area contributed by atoms with E-state index in [4.69, 9.17) is 23.1 Å². The maximum atomic E-state index is 11.5. The molecule has 0 fully saturated rings. The van der Waals surface area contributed by atoms with Crippen LogP contribution in [-0.2, 0) is 17.8 Å². The van der Waals surface area contributed by atoms with Gasteiger partial charge in [-0.05, 0) is 81.9 Å². The highest BCUT2D eigenvalue weighted by atomic mass is 35.5. The van der Waals surface area contributed by atoms with Crippen LogP contribution in [0.4, 0.5) is 11.4 Å². The molecule has 5 nitrogen and oxygen atoms in total. The number of nitrogens with zero attached hydrogens (tertiary/aromatic N) is 1. The van der Waals surface area contributed by atoms with Gasteiger partial charge in [-0.1, -0.05) is 23.7 Å². The summed E-state index contributed by atoms with van der Waals surface area (Å²) in [4.78, 5) is 11.5. The van der Waals surface area contributed by atoms with Gasteiger partial charge in [0, 0.05) is 44.7 Å². The van der Waals surface area contributed by atoms with Gasteiger partial charge in [-0.15, -0.1) is 11.3 Å². The van der Waals surface area contributed by atoms with Crippen molar-refractivity contribution in [2.24, 2.45) is 0 Å². The summed E-state index contributed by atoms with van der Waals surface area (Å²) >= 11 is 7.92. The Morgan fingerprint density at radius 3 is 2.67 bits per heavy atom. The van der Waals surface area contributed by atoms with Gasteiger partial charge >= 0.3 is 5.97 Å². The van der Waals surface area contributed by atoms with Crippen molar-refractivity contribution in [1.29, 1.82) is 0 Å². The number of rotatable bonds is 5. The van der Waals surface area contributed by atoms with E-state index in [-0.39, 0.29) is 6.42 Å². The van der Waals surface area contributed by atoms with Crippen molar-refractivity contribution in [1.82, 2.24) is 4.57 Å². The number of thiophene rings is 1. The SMILES string of the molecule is Cc1c(N)cc(N)cc1-c1ccc2c(CC(=O)O)cn(Cc3csc4ccc(Cl)cc34)c2c1. The number of hydrogen-bond acceptors (Lipinski definition) is 4. The lowest BCUT2D eigenvalue weighted by atomic mass is 9.97. The van der Waals surface area contributed by atoms with Crippen LogP contribution in [0.3, 0.4) is 0 Å². The Labute approximate surface area is 199 Å². The lowest BCUT2D eigenvalue weighted by Crippen LogP contribution is -2.00. The monoisotopic (exact) mass is 475 g/mol. The highest BCUT2D eigenvalue weighted by molar-refractivity contribution is 7.17. The first kappa shape index (κ1) is 21.4. The second kappa shape index (κ2) is 8.14. The second-order valence-corrected chi connectivity index (χ2v) is 9.62. The minimum absolute atomic E-state index is 0.0384. The molecule has 2 heterocycles. The van der Waals surface area contributed by atoms with E-state index in [0.29, 0.717) is 22.9 Å². The highest BCUT2D eigenvalue weighted by Gasteiger charge is 2.16. The molecular weight excluding hydrogens is 454 g/mol. The number of carboxylic acids is 1. The molecule has 0 saturated heterocycles. The number of carbonyl (C=O) groups is 1. The van der Waals surface area contributed by atoms with E-state index in [1.165, 1.54) is 4.70 Å². The first-order valence-corrected chi connectivity index (χ1v) is 11.7. The molecule has 0 aliphatic carbocycles. The molecule has 0 aliphatic rings. The number of benzene rings is 3. The summed E-state index contributed by atoms with van der Waals surface area (Å²) in [6.45, 7) is 2.59. The minimum atomic E-state index is -0.856. The molecule has 3 aromatic carbocycles. The van der Waals surface area contributed by atoms with Crippen molar-refractivity contribution >= 4 is 61.3 Å². The summed E-state index contributed by atoms with van der Waals surface area (Å²) in [7, 11) is 0. The summed E-state index contributed by atoms with van der Waals surface area (Å²) < 4.78 is 3.29. The average Bonchev–Trinajstić information content (AvgIpc) is 3.31. The van der Waals surface area contributed by atoms with Crippen molar-refractivity contribution in [2.75, 3.05) is 11.5 Å². The summed E-state index contributed by atoms with van der Waals surface area (Å²) in [5, 5.41) is 14.3. The highest BCUT2D eigenvalue weighted by Crippen LogP contribution is 2.35. The Hall–Kier alpha value is -3.48. The van der Waals surface area contributed by atoms with Gasteiger partial charge in [0.1, 0.15) is 0 Å². The van der Waals surface area contributed by atoms with Crippen LogP contribution in [0, 0.1) is 6.92 Å². The van der Waals surface area contributed by atoms with Gasteiger partial charge in [0.2, 0.25) is 0 Å². The summed E-state index contributed by atoms with van der Waals surface area (Å²) in [6.07, 6.45) is 1.90. The lowest BCUT2D eigenvalue weighted by Gasteiger charge is -2.12. The summed E-state index contributed by atoms with van der Waals surface area (Å²) in [5.74, 6) is -0.856. The number of anilines is 2. The Balaban J connectivity index is 1.68. The quantitative estimate of drug-likeness (QED) is 0.259. The second-order valence-electron chi connectivity index (χ2n) is 8.27. The van der Waals surface area contributed by atoms with Crippen molar-refractivity contribution < 1.29 is 9.90 Å². The fourth-order valence-corrected chi connectivity index (χ4v) is 5.50. The van der Waals surface area contributed by atoms with Crippen molar-refractivity contribution in [3.8, 4) is 11.1 Å². The Bertz CT molecular complexity index is 1550. The maximum absolute atomic E-state index is 11.5. The Morgan fingerprint density at radius 2 is 1.88 bits per heavy atom. The van der Waals surface area contributed by atoms with E-state index >= 15 is 0 Å². The number of aliphatic carboxylic acids is 1. The van der Waals surface area contributed by atoms with Crippen LogP contribution in [0.5, 0.6) is 0 Å². The van der Waals surface area contributed by atoms with Gasteiger partial charge in [0.05, 0.1) is 6.42 Å². The van der Waals surface area contributed by atoms with Gasteiger partial charge in [0.25, 0.3) is 0 Å². The van der Waals surface area contributed by atoms with Crippen molar-refractivity contribution in [3.63, 3.8) is 0 Å². The normalized spacial score (nSPS) is 11.5. The molecule has 0 saturated carbocycles. The van der Waals surface area contributed by atoms with Crippen LogP contribution in [-0.4, -0.2) is 15.6 Å². The fraction of sp³-hybridized carbons (Fsp3) is 0.115.